The fourth-order valence-corrected chi connectivity index (χ4v) is 3.93. The lowest BCUT2D eigenvalue weighted by Crippen LogP contribution is -2.24. The van der Waals surface area contributed by atoms with Crippen LogP contribution in [-0.4, -0.2) is 22.8 Å². The van der Waals surface area contributed by atoms with E-state index in [0.717, 1.165) is 28.5 Å². The number of carbonyl (C=O) groups excluding carboxylic acids is 1. The summed E-state index contributed by atoms with van der Waals surface area (Å²) in [5, 5.41) is 11.8. The predicted octanol–water partition coefficient (Wildman–Crippen LogP) is 3.72. The third kappa shape index (κ3) is 2.39. The van der Waals surface area contributed by atoms with Crippen LogP contribution in [0, 0.1) is 6.92 Å². The van der Waals surface area contributed by atoms with E-state index in [2.05, 4.69) is 21.9 Å². The van der Waals surface area contributed by atoms with Crippen LogP contribution in [0.4, 0.5) is 5.82 Å². The van der Waals surface area contributed by atoms with E-state index in [4.69, 9.17) is 4.74 Å². The molecule has 3 aromatic rings. The van der Waals surface area contributed by atoms with Crippen LogP contribution < -0.4 is 10.1 Å². The number of nitrogens with one attached hydrogen (secondary N) is 1. The zero-order chi connectivity index (χ0) is 16.7. The molecule has 1 aliphatic rings. The number of ether oxygens (including phenoxy) is 1. The molecule has 0 bridgehead atoms. The van der Waals surface area contributed by atoms with E-state index in [1.807, 2.05) is 36.6 Å². The Balaban J connectivity index is 1.84. The number of methoxy groups -OCH3 is 1. The van der Waals surface area contributed by atoms with Crippen LogP contribution in [0.5, 0.6) is 5.75 Å². The van der Waals surface area contributed by atoms with Crippen molar-refractivity contribution in [2.24, 2.45) is 0 Å². The summed E-state index contributed by atoms with van der Waals surface area (Å²) in [5.41, 5.74) is 4.11. The van der Waals surface area contributed by atoms with Crippen LogP contribution in [0.2, 0.25) is 0 Å². The summed E-state index contributed by atoms with van der Waals surface area (Å²) in [6, 6.07) is 9.74. The molecule has 1 N–H and O–H groups in total. The fourth-order valence-electron chi connectivity index (χ4n) is 3.22. The summed E-state index contributed by atoms with van der Waals surface area (Å²) in [6.07, 6.45) is 0.457. The molecule has 1 atom stereocenters. The molecule has 122 valence electrons. The second-order valence-electron chi connectivity index (χ2n) is 5.82. The summed E-state index contributed by atoms with van der Waals surface area (Å²) in [6.45, 7) is 2.00. The normalized spacial score (nSPS) is 16.6. The highest BCUT2D eigenvalue weighted by Gasteiger charge is 2.32. The highest BCUT2D eigenvalue weighted by Crippen LogP contribution is 2.40. The van der Waals surface area contributed by atoms with E-state index in [1.54, 1.807) is 23.1 Å². The third-order valence-corrected chi connectivity index (χ3v) is 5.07. The molecule has 3 heterocycles. The summed E-state index contributed by atoms with van der Waals surface area (Å²) in [5.74, 6) is 1.64. The van der Waals surface area contributed by atoms with E-state index in [0.29, 0.717) is 6.42 Å². The van der Waals surface area contributed by atoms with Gasteiger partial charge in [0.2, 0.25) is 5.91 Å². The monoisotopic (exact) mass is 339 g/mol. The van der Waals surface area contributed by atoms with Crippen LogP contribution >= 0.6 is 11.3 Å². The Morgan fingerprint density at radius 2 is 2.08 bits per heavy atom. The summed E-state index contributed by atoms with van der Waals surface area (Å²) < 4.78 is 7.01. The highest BCUT2D eigenvalue weighted by atomic mass is 32.1. The first-order chi connectivity index (χ1) is 11.7. The molecule has 4 rings (SSSR count). The second kappa shape index (κ2) is 5.79. The molecule has 0 spiro atoms. The van der Waals surface area contributed by atoms with E-state index in [9.17, 15) is 4.79 Å². The molecular formula is C18H17N3O2S. The van der Waals surface area contributed by atoms with Gasteiger partial charge in [-0.15, -0.1) is 0 Å². The molecule has 1 aromatic carbocycles. The molecule has 1 amide bonds. The molecule has 0 saturated heterocycles. The SMILES string of the molecule is COc1ccc(-n2nc(C)c3c2NC(=O)C[C@@H]3c2ccsc2)cc1. The topological polar surface area (TPSA) is 56.1 Å². The van der Waals surface area contributed by atoms with E-state index in [1.165, 1.54) is 5.56 Å². The molecule has 0 aliphatic carbocycles. The van der Waals surface area contributed by atoms with Crippen molar-refractivity contribution < 1.29 is 9.53 Å². The summed E-state index contributed by atoms with van der Waals surface area (Å²) in [7, 11) is 1.64. The molecule has 1 aliphatic heterocycles. The van der Waals surface area contributed by atoms with Gasteiger partial charge < -0.3 is 10.1 Å². The number of thiophene rings is 1. The van der Waals surface area contributed by atoms with Crippen molar-refractivity contribution in [3.8, 4) is 11.4 Å². The predicted molar refractivity (Wildman–Crippen MR) is 94.3 cm³/mol. The Labute approximate surface area is 143 Å². The van der Waals surface area contributed by atoms with E-state index in [-0.39, 0.29) is 11.8 Å². The maximum atomic E-state index is 12.3. The minimum absolute atomic E-state index is 0.0216. The minimum Gasteiger partial charge on any atom is -0.497 e. The first kappa shape index (κ1) is 15.0. The summed E-state index contributed by atoms with van der Waals surface area (Å²) >= 11 is 1.65. The van der Waals surface area contributed by atoms with Crippen LogP contribution in [0.25, 0.3) is 5.69 Å². The maximum Gasteiger partial charge on any atom is 0.226 e. The van der Waals surface area contributed by atoms with E-state index < -0.39 is 0 Å². The number of amides is 1. The number of rotatable bonds is 3. The highest BCUT2D eigenvalue weighted by molar-refractivity contribution is 7.08. The van der Waals surface area contributed by atoms with Gasteiger partial charge in [-0.1, -0.05) is 0 Å². The fraction of sp³-hybridized carbons (Fsp3) is 0.222. The van der Waals surface area contributed by atoms with Gasteiger partial charge in [0, 0.05) is 17.9 Å². The number of benzene rings is 1. The molecule has 0 saturated carbocycles. The van der Waals surface area contributed by atoms with Gasteiger partial charge in [-0.3, -0.25) is 4.79 Å². The average molecular weight is 339 g/mol. The van der Waals surface area contributed by atoms with Gasteiger partial charge >= 0.3 is 0 Å². The standard InChI is InChI=1S/C18H17N3O2S/c1-11-17-15(12-7-8-24-10-12)9-16(22)19-18(17)21(20-11)13-3-5-14(23-2)6-4-13/h3-8,10,15H,9H2,1-2H3,(H,19,22)/t15-/m1/s1. The van der Waals surface area contributed by atoms with Crippen molar-refractivity contribution in [2.75, 3.05) is 12.4 Å². The van der Waals surface area contributed by atoms with Gasteiger partial charge in [0.05, 0.1) is 18.5 Å². The number of hydrogen-bond donors (Lipinski definition) is 1. The Bertz CT molecular complexity index is 882. The van der Waals surface area contributed by atoms with Gasteiger partial charge in [0.1, 0.15) is 11.6 Å². The van der Waals surface area contributed by atoms with Crippen molar-refractivity contribution in [1.29, 1.82) is 0 Å². The number of fused-ring (bicyclic) bond motifs is 1. The molecule has 5 nitrogen and oxygen atoms in total. The first-order valence-electron chi connectivity index (χ1n) is 7.73. The molecule has 6 heteroatoms. The van der Waals surface area contributed by atoms with Gasteiger partial charge in [-0.05, 0) is 53.6 Å². The number of aryl methyl sites for hydroxylation is 1. The Kier molecular flexibility index (Phi) is 3.61. The largest absolute Gasteiger partial charge is 0.497 e. The molecular weight excluding hydrogens is 322 g/mol. The lowest BCUT2D eigenvalue weighted by atomic mass is 9.87. The van der Waals surface area contributed by atoms with E-state index >= 15 is 0 Å². The number of aromatic nitrogens is 2. The van der Waals surface area contributed by atoms with Crippen molar-refractivity contribution in [1.82, 2.24) is 9.78 Å². The van der Waals surface area contributed by atoms with Gasteiger partial charge in [0.25, 0.3) is 0 Å². The number of anilines is 1. The van der Waals surface area contributed by atoms with Crippen LogP contribution in [0.1, 0.15) is 29.2 Å². The Morgan fingerprint density at radius 1 is 1.29 bits per heavy atom. The van der Waals surface area contributed by atoms with Crippen molar-refractivity contribution >= 4 is 23.1 Å². The first-order valence-corrected chi connectivity index (χ1v) is 8.67. The van der Waals surface area contributed by atoms with Crippen molar-refractivity contribution in [2.45, 2.75) is 19.3 Å². The maximum absolute atomic E-state index is 12.3. The average Bonchev–Trinajstić information content (AvgIpc) is 3.23. The van der Waals surface area contributed by atoms with Gasteiger partial charge in [-0.25, -0.2) is 4.68 Å². The third-order valence-electron chi connectivity index (χ3n) is 4.37. The second-order valence-corrected chi connectivity index (χ2v) is 6.60. The lowest BCUT2D eigenvalue weighted by Gasteiger charge is -2.23. The minimum atomic E-state index is 0.0216. The molecule has 0 radical (unpaired) electrons. The zero-order valence-electron chi connectivity index (χ0n) is 13.4. The summed E-state index contributed by atoms with van der Waals surface area (Å²) in [4.78, 5) is 12.3. The van der Waals surface area contributed by atoms with Crippen LogP contribution in [0.15, 0.2) is 41.1 Å². The lowest BCUT2D eigenvalue weighted by molar-refractivity contribution is -0.116. The quantitative estimate of drug-likeness (QED) is 0.791. The Morgan fingerprint density at radius 3 is 2.75 bits per heavy atom. The van der Waals surface area contributed by atoms with Crippen LogP contribution in [-0.2, 0) is 4.79 Å². The van der Waals surface area contributed by atoms with Gasteiger partial charge in [0.15, 0.2) is 0 Å². The molecule has 24 heavy (non-hydrogen) atoms. The number of carbonyl (C=O) groups is 1. The van der Waals surface area contributed by atoms with Crippen molar-refractivity contribution in [3.05, 3.63) is 57.9 Å². The molecule has 2 aromatic heterocycles. The van der Waals surface area contributed by atoms with Crippen molar-refractivity contribution in [3.63, 3.8) is 0 Å². The molecule has 0 fully saturated rings. The number of nitrogens with zero attached hydrogens (tertiary/aromatic N) is 2. The Hall–Kier alpha value is -2.60. The van der Waals surface area contributed by atoms with Gasteiger partial charge in [-0.2, -0.15) is 16.4 Å². The number of hydrogen-bond acceptors (Lipinski definition) is 4. The molecule has 0 unspecified atom stereocenters. The van der Waals surface area contributed by atoms with Crippen LogP contribution in [0.3, 0.4) is 0 Å². The smallest absolute Gasteiger partial charge is 0.226 e. The zero-order valence-corrected chi connectivity index (χ0v) is 14.3.